The van der Waals surface area contributed by atoms with Gasteiger partial charge in [-0.2, -0.15) is 5.26 Å². The number of para-hydroxylation sites is 1. The van der Waals surface area contributed by atoms with Gasteiger partial charge < -0.3 is 15.4 Å². The van der Waals surface area contributed by atoms with Crippen molar-refractivity contribution in [3.05, 3.63) is 75.9 Å². The van der Waals surface area contributed by atoms with Crippen LogP contribution in [-0.2, 0) is 16.0 Å². The number of amides is 1. The summed E-state index contributed by atoms with van der Waals surface area (Å²) in [6.45, 7) is 2.89. The van der Waals surface area contributed by atoms with Gasteiger partial charge in [0.1, 0.15) is 11.6 Å². The van der Waals surface area contributed by atoms with Gasteiger partial charge in [-0.25, -0.2) is 4.79 Å². The first-order chi connectivity index (χ1) is 14.5. The van der Waals surface area contributed by atoms with E-state index in [1.54, 1.807) is 24.3 Å². The van der Waals surface area contributed by atoms with Gasteiger partial charge >= 0.3 is 5.97 Å². The van der Waals surface area contributed by atoms with Gasteiger partial charge in [-0.15, -0.1) is 0 Å². The molecular weight excluding hydrogens is 446 g/mol. The van der Waals surface area contributed by atoms with Crippen molar-refractivity contribution in [1.82, 2.24) is 5.32 Å². The normalized spacial score (nSPS) is 10.8. The molecule has 0 saturated carbocycles. The van der Waals surface area contributed by atoms with E-state index in [1.807, 2.05) is 37.3 Å². The molecule has 0 aliphatic heterocycles. The maximum atomic E-state index is 12.5. The Labute approximate surface area is 185 Å². The summed E-state index contributed by atoms with van der Waals surface area (Å²) in [5.41, 5.74) is 1.60. The molecule has 0 radical (unpaired) electrons. The van der Waals surface area contributed by atoms with E-state index in [-0.39, 0.29) is 11.1 Å². The SMILES string of the molecule is CCCCOC(=O)c1ccccc1NC(=O)/C(C#N)=C\NCCc1cccc(Br)c1. The summed E-state index contributed by atoms with van der Waals surface area (Å²) in [4.78, 5) is 24.7. The molecule has 0 fully saturated rings. The highest BCUT2D eigenvalue weighted by atomic mass is 79.9. The van der Waals surface area contributed by atoms with Gasteiger partial charge in [0.15, 0.2) is 0 Å². The molecule has 0 unspecified atom stereocenters. The molecule has 0 spiro atoms. The number of nitriles is 1. The van der Waals surface area contributed by atoms with Crippen molar-refractivity contribution in [3.8, 4) is 6.07 Å². The van der Waals surface area contributed by atoms with Gasteiger partial charge in [0.05, 0.1) is 17.9 Å². The zero-order valence-electron chi connectivity index (χ0n) is 16.8. The number of nitrogens with zero attached hydrogens (tertiary/aromatic N) is 1. The first kappa shape index (κ1) is 23.2. The molecule has 0 bridgehead atoms. The first-order valence-electron chi connectivity index (χ1n) is 9.70. The van der Waals surface area contributed by atoms with Crippen molar-refractivity contribution in [2.75, 3.05) is 18.5 Å². The van der Waals surface area contributed by atoms with E-state index in [9.17, 15) is 14.9 Å². The largest absolute Gasteiger partial charge is 0.462 e. The summed E-state index contributed by atoms with van der Waals surface area (Å²) in [5, 5.41) is 14.9. The quantitative estimate of drug-likeness (QED) is 0.230. The monoisotopic (exact) mass is 469 g/mol. The molecule has 2 rings (SSSR count). The van der Waals surface area contributed by atoms with Crippen molar-refractivity contribution in [3.63, 3.8) is 0 Å². The molecule has 0 aromatic heterocycles. The lowest BCUT2D eigenvalue weighted by Crippen LogP contribution is -2.19. The Morgan fingerprint density at radius 1 is 1.20 bits per heavy atom. The smallest absolute Gasteiger partial charge is 0.340 e. The fourth-order valence-corrected chi connectivity index (χ4v) is 3.03. The van der Waals surface area contributed by atoms with Crippen LogP contribution in [0.4, 0.5) is 5.69 Å². The third-order valence-corrected chi connectivity index (χ3v) is 4.68. The third kappa shape index (κ3) is 7.37. The molecule has 1 amide bonds. The minimum Gasteiger partial charge on any atom is -0.462 e. The number of unbranched alkanes of at least 4 members (excludes halogenated alkanes) is 1. The Balaban J connectivity index is 1.97. The number of anilines is 1. The second kappa shape index (κ2) is 12.5. The molecule has 156 valence electrons. The van der Waals surface area contributed by atoms with Gasteiger partial charge in [0.25, 0.3) is 5.91 Å². The third-order valence-electron chi connectivity index (χ3n) is 4.18. The molecule has 7 heteroatoms. The Morgan fingerprint density at radius 2 is 2.00 bits per heavy atom. The van der Waals surface area contributed by atoms with Crippen LogP contribution in [0.3, 0.4) is 0 Å². The van der Waals surface area contributed by atoms with Crippen LogP contribution in [0.1, 0.15) is 35.7 Å². The van der Waals surface area contributed by atoms with E-state index >= 15 is 0 Å². The van der Waals surface area contributed by atoms with Crippen molar-refractivity contribution >= 4 is 33.5 Å². The van der Waals surface area contributed by atoms with Crippen LogP contribution in [0.25, 0.3) is 0 Å². The van der Waals surface area contributed by atoms with Crippen LogP contribution in [-0.4, -0.2) is 25.0 Å². The molecule has 0 aliphatic carbocycles. The van der Waals surface area contributed by atoms with Crippen LogP contribution < -0.4 is 10.6 Å². The summed E-state index contributed by atoms with van der Waals surface area (Å²) in [7, 11) is 0. The molecule has 6 nitrogen and oxygen atoms in total. The predicted molar refractivity (Wildman–Crippen MR) is 120 cm³/mol. The van der Waals surface area contributed by atoms with Gasteiger partial charge in [-0.05, 0) is 42.7 Å². The van der Waals surface area contributed by atoms with Crippen LogP contribution in [0.15, 0.2) is 64.8 Å². The van der Waals surface area contributed by atoms with Crippen molar-refractivity contribution in [2.24, 2.45) is 0 Å². The summed E-state index contributed by atoms with van der Waals surface area (Å²) in [6, 6.07) is 16.4. The number of halogens is 1. The molecule has 0 aliphatic rings. The number of nitrogens with one attached hydrogen (secondary N) is 2. The average Bonchev–Trinajstić information content (AvgIpc) is 2.74. The van der Waals surface area contributed by atoms with Crippen LogP contribution in [0.2, 0.25) is 0 Å². The molecule has 0 atom stereocenters. The molecule has 0 heterocycles. The Bertz CT molecular complexity index is 951. The molecular formula is C23H24BrN3O3. The minimum absolute atomic E-state index is 0.0848. The minimum atomic E-state index is -0.596. The van der Waals surface area contributed by atoms with E-state index in [2.05, 4.69) is 26.6 Å². The lowest BCUT2D eigenvalue weighted by Gasteiger charge is -2.10. The second-order valence-corrected chi connectivity index (χ2v) is 7.41. The second-order valence-electron chi connectivity index (χ2n) is 6.49. The molecule has 2 aromatic rings. The lowest BCUT2D eigenvalue weighted by atomic mass is 10.1. The Kier molecular flexibility index (Phi) is 9.62. The van der Waals surface area contributed by atoms with Crippen molar-refractivity contribution < 1.29 is 14.3 Å². The van der Waals surface area contributed by atoms with Crippen molar-refractivity contribution in [2.45, 2.75) is 26.2 Å². The molecule has 30 heavy (non-hydrogen) atoms. The van der Waals surface area contributed by atoms with E-state index in [0.29, 0.717) is 18.8 Å². The van der Waals surface area contributed by atoms with Gasteiger partial charge in [-0.3, -0.25) is 4.79 Å². The number of hydrogen-bond acceptors (Lipinski definition) is 5. The van der Waals surface area contributed by atoms with Crippen molar-refractivity contribution in [1.29, 1.82) is 5.26 Å². The maximum absolute atomic E-state index is 12.5. The number of rotatable bonds is 10. The average molecular weight is 470 g/mol. The van der Waals surface area contributed by atoms with Crippen LogP contribution in [0, 0.1) is 11.3 Å². The molecule has 2 aromatic carbocycles. The zero-order valence-corrected chi connectivity index (χ0v) is 18.4. The van der Waals surface area contributed by atoms with Crippen LogP contribution in [0.5, 0.6) is 0 Å². The van der Waals surface area contributed by atoms with Gasteiger partial charge in [-0.1, -0.05) is 53.5 Å². The van der Waals surface area contributed by atoms with E-state index in [4.69, 9.17) is 4.74 Å². The molecule has 0 saturated heterocycles. The Hall–Kier alpha value is -3.11. The highest BCUT2D eigenvalue weighted by Gasteiger charge is 2.16. The van der Waals surface area contributed by atoms with E-state index < -0.39 is 11.9 Å². The number of hydrogen-bond donors (Lipinski definition) is 2. The fraction of sp³-hybridized carbons (Fsp3) is 0.261. The maximum Gasteiger partial charge on any atom is 0.340 e. The highest BCUT2D eigenvalue weighted by molar-refractivity contribution is 9.10. The summed E-state index contributed by atoms with van der Waals surface area (Å²) in [5.74, 6) is -1.10. The number of esters is 1. The first-order valence-corrected chi connectivity index (χ1v) is 10.5. The van der Waals surface area contributed by atoms with E-state index in [0.717, 1.165) is 29.3 Å². The number of carbonyl (C=O) groups excluding carboxylic acids is 2. The zero-order chi connectivity index (χ0) is 21.8. The predicted octanol–water partition coefficient (Wildman–Crippen LogP) is 4.58. The Morgan fingerprint density at radius 3 is 2.73 bits per heavy atom. The lowest BCUT2D eigenvalue weighted by molar-refractivity contribution is -0.112. The highest BCUT2D eigenvalue weighted by Crippen LogP contribution is 2.17. The van der Waals surface area contributed by atoms with E-state index in [1.165, 1.54) is 6.20 Å². The number of carbonyl (C=O) groups is 2. The van der Waals surface area contributed by atoms with Gasteiger partial charge in [0.2, 0.25) is 0 Å². The number of benzene rings is 2. The van der Waals surface area contributed by atoms with Gasteiger partial charge in [0, 0.05) is 17.2 Å². The summed E-state index contributed by atoms with van der Waals surface area (Å²) < 4.78 is 6.22. The summed E-state index contributed by atoms with van der Waals surface area (Å²) >= 11 is 3.43. The van der Waals surface area contributed by atoms with Crippen LogP contribution >= 0.6 is 15.9 Å². The molecule has 2 N–H and O–H groups in total. The standard InChI is InChI=1S/C23H24BrN3O3/c1-2-3-13-30-23(29)20-9-4-5-10-21(20)27-22(28)18(15-25)16-26-12-11-17-7-6-8-19(24)14-17/h4-10,14,16,26H,2-3,11-13H2,1H3,(H,27,28)/b18-16-. The fourth-order valence-electron chi connectivity index (χ4n) is 2.58. The topological polar surface area (TPSA) is 91.2 Å². The summed E-state index contributed by atoms with van der Waals surface area (Å²) in [6.07, 6.45) is 3.81. The number of ether oxygens (including phenoxy) is 1.